The molecule has 1 aliphatic rings. The first kappa shape index (κ1) is 10.5. The number of nitrogens with zero attached hydrogens (tertiary/aromatic N) is 1. The summed E-state index contributed by atoms with van der Waals surface area (Å²) in [6.45, 7) is 5.80. The van der Waals surface area contributed by atoms with Crippen LogP contribution in [0.4, 0.5) is 0 Å². The molecule has 0 aromatic carbocycles. The molecule has 0 atom stereocenters. The van der Waals surface area contributed by atoms with Crippen LogP contribution in [0.5, 0.6) is 0 Å². The Morgan fingerprint density at radius 3 is 3.00 bits per heavy atom. The lowest BCUT2D eigenvalue weighted by Gasteiger charge is -2.23. The maximum Gasteiger partial charge on any atom is 0.118 e. The molecule has 0 unspecified atom stereocenters. The number of hydrogen-bond donors (Lipinski definition) is 1. The molecule has 3 heteroatoms. The van der Waals surface area contributed by atoms with E-state index in [-0.39, 0.29) is 0 Å². The standard InChI is InChI=1S/C12H18N2O/c1-10-2-4-14(5-3-10)8-12-6-11(7-13)9-15-12/h2,6,9H,3-5,7-8,13H2,1H3. The van der Waals surface area contributed by atoms with E-state index in [9.17, 15) is 0 Å². The summed E-state index contributed by atoms with van der Waals surface area (Å²) in [7, 11) is 0. The Kier molecular flexibility index (Phi) is 3.23. The van der Waals surface area contributed by atoms with E-state index in [0.29, 0.717) is 6.54 Å². The third kappa shape index (κ3) is 2.70. The molecular weight excluding hydrogens is 188 g/mol. The molecule has 0 spiro atoms. The number of furan rings is 1. The van der Waals surface area contributed by atoms with Gasteiger partial charge in [0.05, 0.1) is 12.8 Å². The second-order valence-corrected chi connectivity index (χ2v) is 4.16. The van der Waals surface area contributed by atoms with Gasteiger partial charge in [0, 0.05) is 25.2 Å². The molecule has 0 radical (unpaired) electrons. The molecule has 2 rings (SSSR count). The fourth-order valence-electron chi connectivity index (χ4n) is 1.79. The van der Waals surface area contributed by atoms with Gasteiger partial charge >= 0.3 is 0 Å². The first-order valence-electron chi connectivity index (χ1n) is 5.42. The molecule has 0 aliphatic carbocycles. The number of hydrogen-bond acceptors (Lipinski definition) is 3. The Bertz CT molecular complexity index is 354. The van der Waals surface area contributed by atoms with Crippen LogP contribution in [-0.2, 0) is 13.1 Å². The van der Waals surface area contributed by atoms with Gasteiger partial charge in [-0.25, -0.2) is 0 Å². The second-order valence-electron chi connectivity index (χ2n) is 4.16. The smallest absolute Gasteiger partial charge is 0.118 e. The zero-order valence-electron chi connectivity index (χ0n) is 9.20. The van der Waals surface area contributed by atoms with Crippen LogP contribution in [-0.4, -0.2) is 18.0 Å². The summed E-state index contributed by atoms with van der Waals surface area (Å²) in [5.41, 5.74) is 8.10. The minimum atomic E-state index is 0.558. The van der Waals surface area contributed by atoms with Gasteiger partial charge in [0.25, 0.3) is 0 Å². The summed E-state index contributed by atoms with van der Waals surface area (Å²) in [6.07, 6.45) is 5.21. The molecule has 15 heavy (non-hydrogen) atoms. The SMILES string of the molecule is CC1=CCN(Cc2cc(CN)co2)CC1. The second kappa shape index (κ2) is 4.64. The zero-order valence-corrected chi connectivity index (χ0v) is 9.20. The highest BCUT2D eigenvalue weighted by molar-refractivity contribution is 5.13. The van der Waals surface area contributed by atoms with E-state index in [1.807, 2.05) is 6.07 Å². The van der Waals surface area contributed by atoms with Crippen molar-refractivity contribution in [2.45, 2.75) is 26.4 Å². The fourth-order valence-corrected chi connectivity index (χ4v) is 1.79. The van der Waals surface area contributed by atoms with Gasteiger partial charge in [0.2, 0.25) is 0 Å². The summed E-state index contributed by atoms with van der Waals surface area (Å²) in [6, 6.07) is 2.05. The molecular formula is C12H18N2O. The molecule has 0 saturated heterocycles. The van der Waals surface area contributed by atoms with E-state index in [2.05, 4.69) is 17.9 Å². The van der Waals surface area contributed by atoms with Crippen molar-refractivity contribution in [3.05, 3.63) is 35.3 Å². The van der Waals surface area contributed by atoms with Gasteiger partial charge in [0.15, 0.2) is 0 Å². The van der Waals surface area contributed by atoms with Crippen molar-refractivity contribution in [2.24, 2.45) is 5.73 Å². The van der Waals surface area contributed by atoms with Gasteiger partial charge in [-0.3, -0.25) is 4.90 Å². The van der Waals surface area contributed by atoms with Crippen LogP contribution in [0.15, 0.2) is 28.4 Å². The third-order valence-corrected chi connectivity index (χ3v) is 2.84. The van der Waals surface area contributed by atoms with Crippen molar-refractivity contribution in [1.29, 1.82) is 0 Å². The van der Waals surface area contributed by atoms with E-state index in [4.69, 9.17) is 10.2 Å². The molecule has 1 aromatic rings. The Morgan fingerprint density at radius 1 is 1.53 bits per heavy atom. The molecule has 1 aliphatic heterocycles. The Balaban J connectivity index is 1.92. The molecule has 1 aromatic heterocycles. The molecule has 2 heterocycles. The van der Waals surface area contributed by atoms with E-state index >= 15 is 0 Å². The molecule has 3 nitrogen and oxygen atoms in total. The normalized spacial score (nSPS) is 17.9. The van der Waals surface area contributed by atoms with Crippen LogP contribution in [0.1, 0.15) is 24.7 Å². The van der Waals surface area contributed by atoms with Crippen LogP contribution in [0, 0.1) is 0 Å². The first-order chi connectivity index (χ1) is 7.28. The molecule has 2 N–H and O–H groups in total. The van der Waals surface area contributed by atoms with Crippen molar-refractivity contribution in [3.63, 3.8) is 0 Å². The fraction of sp³-hybridized carbons (Fsp3) is 0.500. The van der Waals surface area contributed by atoms with Crippen molar-refractivity contribution in [3.8, 4) is 0 Å². The van der Waals surface area contributed by atoms with Gasteiger partial charge in [-0.15, -0.1) is 0 Å². The zero-order chi connectivity index (χ0) is 10.7. The molecule has 0 saturated carbocycles. The van der Waals surface area contributed by atoms with Crippen LogP contribution < -0.4 is 5.73 Å². The summed E-state index contributed by atoms with van der Waals surface area (Å²) >= 11 is 0. The predicted octanol–water partition coefficient (Wildman–Crippen LogP) is 1.89. The summed E-state index contributed by atoms with van der Waals surface area (Å²) < 4.78 is 5.44. The van der Waals surface area contributed by atoms with E-state index in [1.54, 1.807) is 6.26 Å². The highest BCUT2D eigenvalue weighted by Gasteiger charge is 2.11. The Hall–Kier alpha value is -1.06. The monoisotopic (exact) mass is 206 g/mol. The van der Waals surface area contributed by atoms with Crippen molar-refractivity contribution in [1.82, 2.24) is 4.90 Å². The van der Waals surface area contributed by atoms with Crippen LogP contribution in [0.25, 0.3) is 0 Å². The first-order valence-corrected chi connectivity index (χ1v) is 5.42. The van der Waals surface area contributed by atoms with Crippen LogP contribution >= 0.6 is 0 Å². The molecule has 0 bridgehead atoms. The largest absolute Gasteiger partial charge is 0.468 e. The predicted molar refractivity (Wildman–Crippen MR) is 60.3 cm³/mol. The lowest BCUT2D eigenvalue weighted by atomic mass is 10.1. The molecule has 0 fully saturated rings. The quantitative estimate of drug-likeness (QED) is 0.768. The molecule has 82 valence electrons. The minimum absolute atomic E-state index is 0.558. The average molecular weight is 206 g/mol. The summed E-state index contributed by atoms with van der Waals surface area (Å²) in [5.74, 6) is 1.02. The summed E-state index contributed by atoms with van der Waals surface area (Å²) in [4.78, 5) is 2.38. The van der Waals surface area contributed by atoms with Gasteiger partial charge < -0.3 is 10.2 Å². The number of nitrogens with two attached hydrogens (primary N) is 1. The topological polar surface area (TPSA) is 42.4 Å². The minimum Gasteiger partial charge on any atom is -0.468 e. The van der Waals surface area contributed by atoms with Gasteiger partial charge in [-0.2, -0.15) is 0 Å². The Labute approximate surface area is 90.5 Å². The van der Waals surface area contributed by atoms with E-state index in [0.717, 1.165) is 31.0 Å². The lowest BCUT2D eigenvalue weighted by Crippen LogP contribution is -2.27. The maximum atomic E-state index is 5.53. The highest BCUT2D eigenvalue weighted by Crippen LogP contribution is 2.14. The molecule has 0 amide bonds. The van der Waals surface area contributed by atoms with Crippen LogP contribution in [0.3, 0.4) is 0 Å². The van der Waals surface area contributed by atoms with Crippen LogP contribution in [0.2, 0.25) is 0 Å². The van der Waals surface area contributed by atoms with E-state index in [1.165, 1.54) is 12.0 Å². The van der Waals surface area contributed by atoms with Crippen molar-refractivity contribution >= 4 is 0 Å². The van der Waals surface area contributed by atoms with Gasteiger partial charge in [-0.1, -0.05) is 11.6 Å². The number of rotatable bonds is 3. The lowest BCUT2D eigenvalue weighted by molar-refractivity contribution is 0.261. The Morgan fingerprint density at radius 2 is 2.40 bits per heavy atom. The third-order valence-electron chi connectivity index (χ3n) is 2.84. The van der Waals surface area contributed by atoms with Crippen molar-refractivity contribution in [2.75, 3.05) is 13.1 Å². The van der Waals surface area contributed by atoms with Crippen molar-refractivity contribution < 1.29 is 4.42 Å². The van der Waals surface area contributed by atoms with Gasteiger partial charge in [-0.05, 0) is 19.4 Å². The average Bonchev–Trinajstić information content (AvgIpc) is 2.69. The summed E-state index contributed by atoms with van der Waals surface area (Å²) in [5, 5.41) is 0. The highest BCUT2D eigenvalue weighted by atomic mass is 16.3. The van der Waals surface area contributed by atoms with E-state index < -0.39 is 0 Å². The maximum absolute atomic E-state index is 5.53. The van der Waals surface area contributed by atoms with Gasteiger partial charge in [0.1, 0.15) is 5.76 Å².